The molecule has 0 N–H and O–H groups in total. The van der Waals surface area contributed by atoms with E-state index in [-0.39, 0.29) is 0 Å². The third-order valence-corrected chi connectivity index (χ3v) is 6.23. The summed E-state index contributed by atoms with van der Waals surface area (Å²) in [7, 11) is 7.69. The van der Waals surface area contributed by atoms with Crippen molar-refractivity contribution in [3.8, 4) is 0 Å². The van der Waals surface area contributed by atoms with Gasteiger partial charge in [-0.25, -0.2) is 0 Å². The smallest absolute Gasteiger partial charge is 0.0217 e. The third kappa shape index (κ3) is 25.7. The lowest BCUT2D eigenvalue weighted by Crippen LogP contribution is -1.68. The monoisotopic (exact) mass is 324 g/mol. The number of hydrogen-bond acceptors (Lipinski definition) is 4. The maximum absolute atomic E-state index is 2.24. The zero-order chi connectivity index (χ0) is 13.9. The first-order valence-electron chi connectivity index (χ1n) is 6.62. The second kappa shape index (κ2) is 23.0. The fourth-order valence-electron chi connectivity index (χ4n) is 0.811. The lowest BCUT2D eigenvalue weighted by atomic mass is 10.4. The zero-order valence-electron chi connectivity index (χ0n) is 12.2. The van der Waals surface area contributed by atoms with Gasteiger partial charge >= 0.3 is 0 Å². The van der Waals surface area contributed by atoms with Gasteiger partial charge in [-0.05, 0) is 12.8 Å². The van der Waals surface area contributed by atoms with Gasteiger partial charge in [0.2, 0.25) is 0 Å². The summed E-state index contributed by atoms with van der Waals surface area (Å²) in [6, 6.07) is 0. The molecular weight excluding hydrogens is 296 g/mol. The second-order valence-electron chi connectivity index (χ2n) is 3.14. The van der Waals surface area contributed by atoms with E-state index in [0.717, 1.165) is 24.3 Å². The predicted molar refractivity (Wildman–Crippen MR) is 100 cm³/mol. The molecule has 4 heteroatoms. The molecule has 0 amide bonds. The van der Waals surface area contributed by atoms with Gasteiger partial charge in [0.05, 0.1) is 0 Å². The van der Waals surface area contributed by atoms with Crippen LogP contribution in [0.5, 0.6) is 0 Å². The molecule has 108 valence electrons. The van der Waals surface area contributed by atoms with E-state index < -0.39 is 0 Å². The van der Waals surface area contributed by atoms with E-state index >= 15 is 0 Å². The Labute approximate surface area is 130 Å². The summed E-state index contributed by atoms with van der Waals surface area (Å²) in [5, 5.41) is 0. The van der Waals surface area contributed by atoms with Crippen molar-refractivity contribution in [3.05, 3.63) is 24.3 Å². The van der Waals surface area contributed by atoms with Gasteiger partial charge in [0, 0.05) is 23.0 Å². The minimum atomic E-state index is 1.14. The molecule has 18 heavy (non-hydrogen) atoms. The molecule has 0 heterocycles. The van der Waals surface area contributed by atoms with Crippen LogP contribution in [0.3, 0.4) is 0 Å². The van der Waals surface area contributed by atoms with Crippen LogP contribution < -0.4 is 0 Å². The highest BCUT2D eigenvalue weighted by molar-refractivity contribution is 8.77. The van der Waals surface area contributed by atoms with Crippen molar-refractivity contribution in [1.29, 1.82) is 0 Å². The van der Waals surface area contributed by atoms with Crippen molar-refractivity contribution in [2.24, 2.45) is 0 Å². The molecule has 0 atom stereocenters. The summed E-state index contributed by atoms with van der Waals surface area (Å²) in [5.41, 5.74) is 0. The molecule has 0 spiro atoms. The first-order valence-corrected chi connectivity index (χ1v) is 11.6. The molecule has 0 unspecified atom stereocenters. The minimum Gasteiger partial charge on any atom is -0.0945 e. The summed E-state index contributed by atoms with van der Waals surface area (Å²) in [5.74, 6) is 4.74. The summed E-state index contributed by atoms with van der Waals surface area (Å²) < 4.78 is 0. The quantitative estimate of drug-likeness (QED) is 0.249. The topological polar surface area (TPSA) is 0 Å². The van der Waals surface area contributed by atoms with Crippen molar-refractivity contribution >= 4 is 43.2 Å². The zero-order valence-corrected chi connectivity index (χ0v) is 15.5. The van der Waals surface area contributed by atoms with E-state index in [1.54, 1.807) is 0 Å². The van der Waals surface area contributed by atoms with E-state index in [2.05, 4.69) is 52.0 Å². The van der Waals surface area contributed by atoms with E-state index in [1.165, 1.54) is 11.5 Å². The number of rotatable bonds is 10. The van der Waals surface area contributed by atoms with Gasteiger partial charge < -0.3 is 0 Å². The Kier molecular flexibility index (Phi) is 27.1. The van der Waals surface area contributed by atoms with Crippen LogP contribution in [0.15, 0.2) is 24.3 Å². The predicted octanol–water partition coefficient (Wildman–Crippen LogP) is 6.71. The Morgan fingerprint density at radius 3 is 1.22 bits per heavy atom. The molecular formula is C14H28S4. The first kappa shape index (κ1) is 21.2. The van der Waals surface area contributed by atoms with Gasteiger partial charge in [-0.1, -0.05) is 95.2 Å². The molecule has 0 aliphatic heterocycles. The van der Waals surface area contributed by atoms with E-state index in [4.69, 9.17) is 0 Å². The Hall–Kier alpha value is 0.880. The van der Waals surface area contributed by atoms with Crippen LogP contribution in [-0.2, 0) is 0 Å². The van der Waals surface area contributed by atoms with Gasteiger partial charge in [0.15, 0.2) is 0 Å². The van der Waals surface area contributed by atoms with Crippen LogP contribution in [0.25, 0.3) is 0 Å². The van der Waals surface area contributed by atoms with Gasteiger partial charge in [0.1, 0.15) is 0 Å². The SMILES string of the molecule is CCC=CCSSCC=CCC.CCSSCC. The minimum absolute atomic E-state index is 1.14. The highest BCUT2D eigenvalue weighted by Gasteiger charge is 1.82. The average Bonchev–Trinajstić information content (AvgIpc) is 2.40. The average molecular weight is 325 g/mol. The molecule has 0 saturated carbocycles. The maximum Gasteiger partial charge on any atom is 0.0217 e. The molecule has 0 bridgehead atoms. The summed E-state index contributed by atoms with van der Waals surface area (Å²) >= 11 is 0. The Bertz CT molecular complexity index is 159. The summed E-state index contributed by atoms with van der Waals surface area (Å²) in [6.45, 7) is 8.68. The van der Waals surface area contributed by atoms with Crippen molar-refractivity contribution in [2.45, 2.75) is 40.5 Å². The van der Waals surface area contributed by atoms with Crippen LogP contribution in [0.1, 0.15) is 40.5 Å². The first-order chi connectivity index (χ1) is 8.83. The van der Waals surface area contributed by atoms with Gasteiger partial charge in [-0.15, -0.1) is 0 Å². The molecule has 0 aliphatic rings. The van der Waals surface area contributed by atoms with Crippen LogP contribution in [0.4, 0.5) is 0 Å². The highest BCUT2D eigenvalue weighted by atomic mass is 33.1. The van der Waals surface area contributed by atoms with E-state index in [9.17, 15) is 0 Å². The Morgan fingerprint density at radius 2 is 0.944 bits per heavy atom. The fourth-order valence-corrected chi connectivity index (χ4v) is 3.81. The maximum atomic E-state index is 2.24. The molecule has 0 aromatic heterocycles. The lowest BCUT2D eigenvalue weighted by molar-refractivity contribution is 1.22. The molecule has 0 aromatic rings. The van der Waals surface area contributed by atoms with Gasteiger partial charge in [-0.3, -0.25) is 0 Å². The van der Waals surface area contributed by atoms with Crippen molar-refractivity contribution < 1.29 is 0 Å². The summed E-state index contributed by atoms with van der Waals surface area (Å²) in [4.78, 5) is 0. The molecule has 0 fully saturated rings. The standard InChI is InChI=1S/C10H18S2.C4H10S2/c1-3-5-7-9-11-12-10-8-6-4-2;1-3-5-6-4-2/h5-8H,3-4,9-10H2,1-2H3;3-4H2,1-2H3. The van der Waals surface area contributed by atoms with Crippen LogP contribution in [-0.4, -0.2) is 23.0 Å². The molecule has 0 radical (unpaired) electrons. The lowest BCUT2D eigenvalue weighted by Gasteiger charge is -1.91. The number of allylic oxidation sites excluding steroid dienone is 2. The largest absolute Gasteiger partial charge is 0.0945 e. The van der Waals surface area contributed by atoms with Crippen molar-refractivity contribution in [1.82, 2.24) is 0 Å². The second-order valence-corrected chi connectivity index (χ2v) is 8.73. The molecule has 0 saturated heterocycles. The fraction of sp³-hybridized carbons (Fsp3) is 0.714. The summed E-state index contributed by atoms with van der Waals surface area (Å²) in [6.07, 6.45) is 11.2. The Balaban J connectivity index is 0. The Morgan fingerprint density at radius 1 is 0.556 bits per heavy atom. The van der Waals surface area contributed by atoms with Crippen LogP contribution in [0.2, 0.25) is 0 Å². The molecule has 0 aromatic carbocycles. The third-order valence-electron chi connectivity index (χ3n) is 1.54. The van der Waals surface area contributed by atoms with Crippen molar-refractivity contribution in [3.63, 3.8) is 0 Å². The normalized spacial score (nSPS) is 10.9. The number of hydrogen-bond donors (Lipinski definition) is 0. The van der Waals surface area contributed by atoms with Crippen molar-refractivity contribution in [2.75, 3.05) is 23.0 Å². The molecule has 0 nitrogen and oxygen atoms in total. The van der Waals surface area contributed by atoms with Crippen LogP contribution in [0, 0.1) is 0 Å². The van der Waals surface area contributed by atoms with Gasteiger partial charge in [-0.2, -0.15) is 0 Å². The molecule has 0 aliphatic carbocycles. The van der Waals surface area contributed by atoms with Crippen LogP contribution >= 0.6 is 43.2 Å². The van der Waals surface area contributed by atoms with E-state index in [1.807, 2.05) is 43.2 Å². The molecule has 0 rings (SSSR count). The highest BCUT2D eigenvalue weighted by Crippen LogP contribution is 2.21. The van der Waals surface area contributed by atoms with Gasteiger partial charge in [0.25, 0.3) is 0 Å². The van der Waals surface area contributed by atoms with E-state index in [0.29, 0.717) is 0 Å².